The minimum atomic E-state index is -3.52. The van der Waals surface area contributed by atoms with E-state index in [-0.39, 0.29) is 23.3 Å². The van der Waals surface area contributed by atoms with Crippen molar-refractivity contribution in [2.75, 3.05) is 0 Å². The van der Waals surface area contributed by atoms with Gasteiger partial charge < -0.3 is 10.3 Å². The van der Waals surface area contributed by atoms with E-state index in [2.05, 4.69) is 14.9 Å². The molecule has 2 saturated carbocycles. The summed E-state index contributed by atoms with van der Waals surface area (Å²) in [4.78, 5) is 4.62. The summed E-state index contributed by atoms with van der Waals surface area (Å²) in [6, 6.07) is 4.99. The zero-order chi connectivity index (χ0) is 16.9. The van der Waals surface area contributed by atoms with Crippen LogP contribution in [0.1, 0.15) is 43.5 Å². The van der Waals surface area contributed by atoms with Crippen LogP contribution in [0, 0.1) is 6.92 Å². The maximum atomic E-state index is 12.4. The second-order valence-corrected chi connectivity index (χ2v) is 8.52. The number of hydrogen-bond donors (Lipinski definition) is 2. The van der Waals surface area contributed by atoms with Gasteiger partial charge in [-0.05, 0) is 56.7 Å². The maximum absolute atomic E-state index is 12.4. The minimum absolute atomic E-state index is 0. The van der Waals surface area contributed by atoms with Crippen LogP contribution in [0.15, 0.2) is 27.6 Å². The van der Waals surface area contributed by atoms with Crippen molar-refractivity contribution in [2.45, 2.75) is 55.5 Å². The van der Waals surface area contributed by atoms with E-state index < -0.39 is 15.6 Å². The first kappa shape index (κ1) is 18.3. The van der Waals surface area contributed by atoms with E-state index in [0.29, 0.717) is 17.3 Å². The van der Waals surface area contributed by atoms with Gasteiger partial charge in [0.25, 0.3) is 5.89 Å². The van der Waals surface area contributed by atoms with Crippen LogP contribution in [0.3, 0.4) is 0 Å². The highest BCUT2D eigenvalue weighted by Gasteiger charge is 2.39. The quantitative estimate of drug-likeness (QED) is 0.817. The predicted molar refractivity (Wildman–Crippen MR) is 94.8 cm³/mol. The summed E-state index contributed by atoms with van der Waals surface area (Å²) in [7, 11) is -3.52. The number of nitrogens with two attached hydrogens (primary N) is 1. The number of nitrogens with zero attached hydrogens (tertiary/aromatic N) is 2. The third kappa shape index (κ3) is 3.44. The first-order chi connectivity index (χ1) is 11.4. The number of hydrogen-bond acceptors (Lipinski definition) is 6. The zero-order valence-electron chi connectivity index (χ0n) is 13.9. The summed E-state index contributed by atoms with van der Waals surface area (Å²) >= 11 is 0. The molecule has 0 radical (unpaired) electrons. The van der Waals surface area contributed by atoms with Crippen LogP contribution >= 0.6 is 12.4 Å². The molecule has 25 heavy (non-hydrogen) atoms. The van der Waals surface area contributed by atoms with Gasteiger partial charge in [0.15, 0.2) is 5.82 Å². The number of sulfonamides is 1. The van der Waals surface area contributed by atoms with Crippen molar-refractivity contribution < 1.29 is 12.9 Å². The number of benzene rings is 1. The van der Waals surface area contributed by atoms with E-state index in [0.717, 1.165) is 37.7 Å². The molecule has 0 spiro atoms. The Labute approximate surface area is 152 Å². The number of nitrogens with one attached hydrogen (secondary N) is 1. The lowest BCUT2D eigenvalue weighted by molar-refractivity contribution is 0.229. The Hall–Kier alpha value is -1.48. The van der Waals surface area contributed by atoms with E-state index in [1.54, 1.807) is 18.2 Å². The molecule has 0 amide bonds. The van der Waals surface area contributed by atoms with Gasteiger partial charge in [0.1, 0.15) is 0 Å². The molecule has 1 heterocycles. The summed E-state index contributed by atoms with van der Waals surface area (Å²) in [5.41, 5.74) is 7.21. The standard InChI is InChI=1S/C16H20N4O3S.ClH/c1-10-3-6-12(24(21,22)20-11-4-5-11)9-13(10)14-18-15(19-23-14)16(17)7-2-8-16;/h3,6,9,11,20H,2,4-5,7-8,17H2,1H3;1H. The normalized spacial score (nSPS) is 19.1. The molecule has 0 saturated heterocycles. The number of aromatic nitrogens is 2. The molecular weight excluding hydrogens is 364 g/mol. The third-order valence-electron chi connectivity index (χ3n) is 4.77. The van der Waals surface area contributed by atoms with Gasteiger partial charge in [-0.25, -0.2) is 13.1 Å². The van der Waals surface area contributed by atoms with Crippen molar-refractivity contribution in [3.63, 3.8) is 0 Å². The van der Waals surface area contributed by atoms with Gasteiger partial charge in [-0.1, -0.05) is 11.2 Å². The third-order valence-corrected chi connectivity index (χ3v) is 6.28. The van der Waals surface area contributed by atoms with Crippen LogP contribution in [0.5, 0.6) is 0 Å². The Morgan fingerprint density at radius 3 is 2.64 bits per heavy atom. The molecule has 136 valence electrons. The van der Waals surface area contributed by atoms with E-state index in [1.807, 2.05) is 6.92 Å². The second-order valence-electron chi connectivity index (χ2n) is 6.81. The Balaban J connectivity index is 0.00000182. The van der Waals surface area contributed by atoms with Gasteiger partial charge >= 0.3 is 0 Å². The van der Waals surface area contributed by atoms with Gasteiger partial charge in [0, 0.05) is 11.6 Å². The van der Waals surface area contributed by atoms with Crippen molar-refractivity contribution in [2.24, 2.45) is 5.73 Å². The molecule has 2 aromatic rings. The Bertz CT molecular complexity index is 889. The number of halogens is 1. The van der Waals surface area contributed by atoms with Crippen LogP contribution in [0.4, 0.5) is 0 Å². The molecule has 1 aromatic heterocycles. The Morgan fingerprint density at radius 1 is 1.32 bits per heavy atom. The van der Waals surface area contributed by atoms with Crippen molar-refractivity contribution in [1.29, 1.82) is 0 Å². The fraction of sp³-hybridized carbons (Fsp3) is 0.500. The molecular formula is C16H21ClN4O3S. The lowest BCUT2D eigenvalue weighted by atomic mass is 9.77. The fourth-order valence-electron chi connectivity index (χ4n) is 2.80. The topological polar surface area (TPSA) is 111 Å². The fourth-order valence-corrected chi connectivity index (χ4v) is 4.13. The van der Waals surface area contributed by atoms with Crippen LogP contribution in [0.25, 0.3) is 11.5 Å². The minimum Gasteiger partial charge on any atom is -0.334 e. The first-order valence-corrected chi connectivity index (χ1v) is 9.62. The maximum Gasteiger partial charge on any atom is 0.258 e. The van der Waals surface area contributed by atoms with E-state index in [9.17, 15) is 8.42 Å². The van der Waals surface area contributed by atoms with E-state index in [4.69, 9.17) is 10.3 Å². The highest BCUT2D eigenvalue weighted by molar-refractivity contribution is 7.89. The van der Waals surface area contributed by atoms with Crippen LogP contribution in [-0.2, 0) is 15.6 Å². The Kier molecular flexibility index (Phi) is 4.65. The molecule has 2 aliphatic rings. The van der Waals surface area contributed by atoms with Crippen molar-refractivity contribution >= 4 is 22.4 Å². The van der Waals surface area contributed by atoms with Gasteiger partial charge in [0.05, 0.1) is 10.4 Å². The van der Waals surface area contributed by atoms with Crippen molar-refractivity contribution in [1.82, 2.24) is 14.9 Å². The highest BCUT2D eigenvalue weighted by Crippen LogP contribution is 2.38. The van der Waals surface area contributed by atoms with Gasteiger partial charge in [0.2, 0.25) is 10.0 Å². The van der Waals surface area contributed by atoms with E-state index >= 15 is 0 Å². The summed E-state index contributed by atoms with van der Waals surface area (Å²) in [5, 5.41) is 4.00. The summed E-state index contributed by atoms with van der Waals surface area (Å²) in [6.07, 6.45) is 4.52. The molecule has 1 aromatic carbocycles. The van der Waals surface area contributed by atoms with Crippen LogP contribution in [-0.4, -0.2) is 24.6 Å². The van der Waals surface area contributed by atoms with Gasteiger partial charge in [-0.2, -0.15) is 4.98 Å². The summed E-state index contributed by atoms with van der Waals surface area (Å²) in [6.45, 7) is 1.88. The average Bonchev–Trinajstić information content (AvgIpc) is 3.16. The first-order valence-electron chi connectivity index (χ1n) is 8.14. The Morgan fingerprint density at radius 2 is 2.04 bits per heavy atom. The molecule has 0 unspecified atom stereocenters. The zero-order valence-corrected chi connectivity index (χ0v) is 15.5. The largest absolute Gasteiger partial charge is 0.334 e. The second kappa shape index (κ2) is 6.35. The summed E-state index contributed by atoms with van der Waals surface area (Å²) in [5.74, 6) is 0.801. The van der Waals surface area contributed by atoms with Gasteiger partial charge in [-0.15, -0.1) is 12.4 Å². The number of rotatable bonds is 5. The van der Waals surface area contributed by atoms with Crippen LogP contribution in [0.2, 0.25) is 0 Å². The highest BCUT2D eigenvalue weighted by atomic mass is 35.5. The molecule has 3 N–H and O–H groups in total. The molecule has 9 heteroatoms. The average molecular weight is 385 g/mol. The predicted octanol–water partition coefficient (Wildman–Crippen LogP) is 2.25. The molecule has 2 fully saturated rings. The number of aryl methyl sites for hydroxylation is 1. The SMILES string of the molecule is Cc1ccc(S(=O)(=O)NC2CC2)cc1-c1nc(C2(N)CCC2)no1.Cl. The van der Waals surface area contributed by atoms with E-state index in [1.165, 1.54) is 0 Å². The molecule has 0 atom stereocenters. The molecule has 0 bridgehead atoms. The smallest absolute Gasteiger partial charge is 0.258 e. The van der Waals surface area contributed by atoms with Crippen molar-refractivity contribution in [3.8, 4) is 11.5 Å². The molecule has 2 aliphatic carbocycles. The van der Waals surface area contributed by atoms with Crippen molar-refractivity contribution in [3.05, 3.63) is 29.6 Å². The summed E-state index contributed by atoms with van der Waals surface area (Å²) < 4.78 is 32.8. The van der Waals surface area contributed by atoms with Crippen LogP contribution < -0.4 is 10.5 Å². The lowest BCUT2D eigenvalue weighted by Gasteiger charge is -2.34. The molecule has 0 aliphatic heterocycles. The molecule has 4 rings (SSSR count). The van der Waals surface area contributed by atoms with Gasteiger partial charge in [-0.3, -0.25) is 0 Å². The lowest BCUT2D eigenvalue weighted by Crippen LogP contribution is -2.44. The molecule has 7 nitrogen and oxygen atoms in total. The monoisotopic (exact) mass is 384 g/mol.